The van der Waals surface area contributed by atoms with E-state index in [-0.39, 0.29) is 0 Å². The topological polar surface area (TPSA) is 43.6 Å². The third kappa shape index (κ3) is 3.39. The summed E-state index contributed by atoms with van der Waals surface area (Å²) in [5, 5.41) is 4.60. The molecule has 1 aromatic carbocycles. The normalized spacial score (nSPS) is 14.8. The van der Waals surface area contributed by atoms with E-state index < -0.39 is 0 Å². The summed E-state index contributed by atoms with van der Waals surface area (Å²) in [6, 6.07) is 6.68. The summed E-state index contributed by atoms with van der Waals surface area (Å²) in [6.45, 7) is 4.17. The Morgan fingerprint density at radius 3 is 2.90 bits per heavy atom. The van der Waals surface area contributed by atoms with Crippen LogP contribution in [0.3, 0.4) is 0 Å². The second kappa shape index (κ2) is 6.50. The predicted molar refractivity (Wildman–Crippen MR) is 82.6 cm³/mol. The summed E-state index contributed by atoms with van der Waals surface area (Å²) in [5.74, 6) is 1.87. The molecule has 1 fully saturated rings. The van der Waals surface area contributed by atoms with Crippen LogP contribution in [0.2, 0.25) is 0 Å². The Morgan fingerprint density at radius 2 is 2.19 bits per heavy atom. The van der Waals surface area contributed by atoms with Gasteiger partial charge in [0.1, 0.15) is 17.1 Å². The van der Waals surface area contributed by atoms with Crippen molar-refractivity contribution in [2.24, 2.45) is 0 Å². The van der Waals surface area contributed by atoms with Crippen molar-refractivity contribution in [3.8, 4) is 5.75 Å². The smallest absolute Gasteiger partial charge is 0.135 e. The Bertz CT molecular complexity index is 601. The van der Waals surface area contributed by atoms with Gasteiger partial charge >= 0.3 is 0 Å². The second-order valence-corrected chi connectivity index (χ2v) is 5.60. The van der Waals surface area contributed by atoms with Crippen LogP contribution in [0.5, 0.6) is 5.75 Å². The maximum atomic E-state index is 5.99. The molecule has 1 aliphatic carbocycles. The molecular weight excluding hydrogens is 266 g/mol. The molecule has 0 spiro atoms. The van der Waals surface area contributed by atoms with Crippen molar-refractivity contribution in [1.29, 1.82) is 0 Å². The van der Waals surface area contributed by atoms with Gasteiger partial charge in [-0.3, -0.25) is 0 Å². The minimum atomic E-state index is 0.561. The van der Waals surface area contributed by atoms with E-state index >= 15 is 0 Å². The summed E-state index contributed by atoms with van der Waals surface area (Å²) < 4.78 is 17.1. The van der Waals surface area contributed by atoms with Gasteiger partial charge in [0.05, 0.1) is 19.8 Å². The molecule has 2 aromatic rings. The maximum absolute atomic E-state index is 5.99. The van der Waals surface area contributed by atoms with Crippen LogP contribution in [0.1, 0.15) is 37.5 Å². The first-order valence-electron chi connectivity index (χ1n) is 7.71. The van der Waals surface area contributed by atoms with Gasteiger partial charge in [-0.25, -0.2) is 0 Å². The average Bonchev–Trinajstić information content (AvgIpc) is 3.27. The maximum Gasteiger partial charge on any atom is 0.135 e. The molecule has 1 saturated carbocycles. The molecule has 1 heterocycles. The molecule has 4 nitrogen and oxygen atoms in total. The largest absolute Gasteiger partial charge is 0.494 e. The number of furan rings is 1. The van der Waals surface area contributed by atoms with E-state index in [0.29, 0.717) is 12.6 Å². The zero-order chi connectivity index (χ0) is 14.7. The Kier molecular flexibility index (Phi) is 4.46. The number of ether oxygens (including phenoxy) is 2. The highest BCUT2D eigenvalue weighted by atomic mass is 16.5. The molecule has 3 rings (SSSR count). The van der Waals surface area contributed by atoms with Crippen LogP contribution >= 0.6 is 0 Å². The fourth-order valence-corrected chi connectivity index (χ4v) is 2.46. The molecule has 114 valence electrons. The molecule has 4 heteroatoms. The number of benzene rings is 1. The first kappa shape index (κ1) is 14.4. The van der Waals surface area contributed by atoms with Crippen molar-refractivity contribution in [3.63, 3.8) is 0 Å². The van der Waals surface area contributed by atoms with Crippen LogP contribution in [-0.2, 0) is 17.9 Å². The van der Waals surface area contributed by atoms with E-state index in [9.17, 15) is 0 Å². The van der Waals surface area contributed by atoms with Crippen molar-refractivity contribution >= 4 is 11.0 Å². The van der Waals surface area contributed by atoms with E-state index in [2.05, 4.69) is 18.3 Å². The molecule has 0 bridgehead atoms. The van der Waals surface area contributed by atoms with Crippen LogP contribution in [0, 0.1) is 0 Å². The van der Waals surface area contributed by atoms with Gasteiger partial charge in [-0.1, -0.05) is 6.92 Å². The number of fused-ring (bicyclic) bond motifs is 1. The zero-order valence-corrected chi connectivity index (χ0v) is 12.8. The van der Waals surface area contributed by atoms with Crippen molar-refractivity contribution in [2.75, 3.05) is 13.7 Å². The first-order valence-corrected chi connectivity index (χ1v) is 7.71. The molecule has 0 amide bonds. The molecule has 1 aliphatic rings. The van der Waals surface area contributed by atoms with Crippen LogP contribution in [0.15, 0.2) is 22.6 Å². The lowest BCUT2D eigenvalue weighted by Crippen LogP contribution is -2.15. The van der Waals surface area contributed by atoms with Gasteiger partial charge in [0.15, 0.2) is 0 Å². The Balaban J connectivity index is 1.88. The van der Waals surface area contributed by atoms with E-state index in [1.54, 1.807) is 7.11 Å². The van der Waals surface area contributed by atoms with Crippen LogP contribution in [-0.4, -0.2) is 19.8 Å². The molecule has 0 saturated heterocycles. The number of methoxy groups -OCH3 is 1. The summed E-state index contributed by atoms with van der Waals surface area (Å²) in [6.07, 6.45) is 3.55. The van der Waals surface area contributed by atoms with Gasteiger partial charge in [-0.2, -0.15) is 0 Å². The number of rotatable bonds is 8. The van der Waals surface area contributed by atoms with E-state index in [0.717, 1.165) is 47.6 Å². The minimum absolute atomic E-state index is 0.561. The van der Waals surface area contributed by atoms with Crippen LogP contribution in [0.4, 0.5) is 0 Å². The quantitative estimate of drug-likeness (QED) is 0.806. The minimum Gasteiger partial charge on any atom is -0.494 e. The van der Waals surface area contributed by atoms with E-state index in [4.69, 9.17) is 13.9 Å². The Labute approximate surface area is 125 Å². The highest BCUT2D eigenvalue weighted by Crippen LogP contribution is 2.31. The predicted octanol–water partition coefficient (Wildman–Crippen LogP) is 3.62. The molecule has 21 heavy (non-hydrogen) atoms. The first-order chi connectivity index (χ1) is 10.3. The standard InChI is InChI=1S/C17H23NO3/c1-3-8-20-13-6-7-16-14(9-13)15(11-19-2)17(21-16)10-18-12-4-5-12/h6-7,9,12,18H,3-5,8,10-11H2,1-2H3. The third-order valence-electron chi connectivity index (χ3n) is 3.74. The molecular formula is C17H23NO3. The van der Waals surface area contributed by atoms with Gasteiger partial charge < -0.3 is 19.2 Å². The number of nitrogens with one attached hydrogen (secondary N) is 1. The second-order valence-electron chi connectivity index (χ2n) is 5.60. The van der Waals surface area contributed by atoms with Gasteiger partial charge in [-0.15, -0.1) is 0 Å². The van der Waals surface area contributed by atoms with Gasteiger partial charge in [-0.05, 0) is 37.5 Å². The summed E-state index contributed by atoms with van der Waals surface area (Å²) >= 11 is 0. The molecule has 0 aliphatic heterocycles. The fourth-order valence-electron chi connectivity index (χ4n) is 2.46. The SMILES string of the molecule is CCCOc1ccc2oc(CNC3CC3)c(COC)c2c1. The van der Waals surface area contributed by atoms with Crippen LogP contribution in [0.25, 0.3) is 11.0 Å². The average molecular weight is 289 g/mol. The molecule has 0 atom stereocenters. The molecule has 1 N–H and O–H groups in total. The lowest BCUT2D eigenvalue weighted by Gasteiger charge is -2.05. The Hall–Kier alpha value is -1.52. The number of hydrogen-bond acceptors (Lipinski definition) is 4. The lowest BCUT2D eigenvalue weighted by atomic mass is 10.1. The fraction of sp³-hybridized carbons (Fsp3) is 0.529. The van der Waals surface area contributed by atoms with Crippen molar-refractivity contribution < 1.29 is 13.9 Å². The Morgan fingerprint density at radius 1 is 1.33 bits per heavy atom. The highest BCUT2D eigenvalue weighted by molar-refractivity contribution is 5.83. The zero-order valence-electron chi connectivity index (χ0n) is 12.8. The van der Waals surface area contributed by atoms with Gasteiger partial charge in [0.25, 0.3) is 0 Å². The molecule has 0 unspecified atom stereocenters. The lowest BCUT2D eigenvalue weighted by molar-refractivity contribution is 0.183. The summed E-state index contributed by atoms with van der Waals surface area (Å²) in [4.78, 5) is 0. The van der Waals surface area contributed by atoms with E-state index in [1.807, 2.05) is 12.1 Å². The molecule has 1 aromatic heterocycles. The van der Waals surface area contributed by atoms with Crippen molar-refractivity contribution in [2.45, 2.75) is 45.4 Å². The van der Waals surface area contributed by atoms with Crippen molar-refractivity contribution in [3.05, 3.63) is 29.5 Å². The summed E-state index contributed by atoms with van der Waals surface area (Å²) in [5.41, 5.74) is 2.03. The third-order valence-corrected chi connectivity index (χ3v) is 3.74. The van der Waals surface area contributed by atoms with E-state index in [1.165, 1.54) is 12.8 Å². The molecule has 0 radical (unpaired) electrons. The number of hydrogen-bond donors (Lipinski definition) is 1. The highest BCUT2D eigenvalue weighted by Gasteiger charge is 2.22. The van der Waals surface area contributed by atoms with Crippen LogP contribution < -0.4 is 10.1 Å². The van der Waals surface area contributed by atoms with Crippen molar-refractivity contribution in [1.82, 2.24) is 5.32 Å². The monoisotopic (exact) mass is 289 g/mol. The van der Waals surface area contributed by atoms with Gasteiger partial charge in [0, 0.05) is 24.1 Å². The van der Waals surface area contributed by atoms with Gasteiger partial charge in [0.2, 0.25) is 0 Å². The summed E-state index contributed by atoms with van der Waals surface area (Å²) in [7, 11) is 1.72.